The molecule has 19 nitrogen and oxygen atoms in total. The van der Waals surface area contributed by atoms with Crippen LogP contribution in [-0.4, -0.2) is 87.3 Å². The van der Waals surface area contributed by atoms with Gasteiger partial charge in [0, 0.05) is 43.3 Å². The number of rotatable bonds is 15. The Bertz CT molecular complexity index is 2870. The van der Waals surface area contributed by atoms with Gasteiger partial charge >= 0.3 is 10.1 Å². The molecule has 0 saturated carbocycles. The number of nitrogen functional groups attached to an aromatic ring is 4. The molecule has 0 saturated heterocycles. The Kier molecular flexibility index (Phi) is 17.1. The first-order valence-electron chi connectivity index (χ1n) is 19.3. The number of hydrogen-bond acceptors (Lipinski definition) is 23. The van der Waals surface area contributed by atoms with Crippen molar-refractivity contribution < 1.29 is 25.9 Å². The minimum absolute atomic E-state index is 0.0564. The van der Waals surface area contributed by atoms with Crippen LogP contribution in [0.4, 0.5) is 56.0 Å². The summed E-state index contributed by atoms with van der Waals surface area (Å²) in [4.78, 5) is 19.4. The van der Waals surface area contributed by atoms with E-state index in [0.29, 0.717) is 43.5 Å². The molecule has 64 heavy (non-hydrogen) atoms. The summed E-state index contributed by atoms with van der Waals surface area (Å²) in [6, 6.07) is 11.4. The molecule has 0 atom stereocenters. The van der Waals surface area contributed by atoms with E-state index in [4.69, 9.17) is 32.0 Å². The van der Waals surface area contributed by atoms with E-state index < -0.39 is 26.0 Å². The molecule has 0 bridgehead atoms. The molecule has 0 amide bonds. The number of thioether (sulfide) groups is 1. The number of nitrogens with two attached hydrogens (primary N) is 4. The van der Waals surface area contributed by atoms with Crippen LogP contribution < -0.4 is 43.4 Å². The Hall–Kier alpha value is -4.45. The lowest BCUT2D eigenvalue weighted by Crippen LogP contribution is -2.22. The summed E-state index contributed by atoms with van der Waals surface area (Å²) >= 11 is 10.4. The minimum atomic E-state index is -4.15. The highest BCUT2D eigenvalue weighted by atomic mass is 32.3. The second-order valence-electron chi connectivity index (χ2n) is 13.5. The van der Waals surface area contributed by atoms with Gasteiger partial charge in [-0.3, -0.25) is 9.11 Å². The summed E-state index contributed by atoms with van der Waals surface area (Å²) in [6.07, 6.45) is 0. The topological polar surface area (TPSA) is 308 Å². The van der Waals surface area contributed by atoms with E-state index in [0.717, 1.165) is 97.2 Å². The molecule has 12 N–H and O–H groups in total. The van der Waals surface area contributed by atoms with Gasteiger partial charge < -0.3 is 43.4 Å². The maximum atomic E-state index is 11.2. The fourth-order valence-corrected chi connectivity index (χ4v) is 12.7. The van der Waals surface area contributed by atoms with E-state index in [9.17, 15) is 16.8 Å². The van der Waals surface area contributed by atoms with Crippen LogP contribution in [0.2, 0.25) is 0 Å². The molecule has 7 aromatic rings. The standard InChI is InChI=1S/C25H37N9O3S2.C6H6N2O3S3.C6H6N2S3/c1-5-33(6-2)17-9-11-19(26)21(15-17)28-23-30-24(32-25(31-23)38-13-14-39(35,36)37)29-22-16-18(10-12-20(22)27)34(7-3)8-4;1-2-3-4(7)13-8-5(3)12-6(2)14(9,10)11;1-2-3-4(7)11-8-5(3)10-6(2)9/h9-12,15-16H,5-8,13-14,26-27H2,1-4H3,(H,35,36,37)(H2,28,29,30,31,32);7H2,1H3,(H,9,10,11);9H,7H2,1H3. The monoisotopic (exact) mass is 1030 g/mol. The molecule has 5 aromatic heterocycles. The van der Waals surface area contributed by atoms with Crippen LogP contribution in [0.3, 0.4) is 0 Å². The van der Waals surface area contributed by atoms with Gasteiger partial charge in [0.1, 0.15) is 19.7 Å². The Labute approximate surface area is 397 Å². The summed E-state index contributed by atoms with van der Waals surface area (Å²) in [5, 5.41) is 9.61. The van der Waals surface area contributed by atoms with Crippen molar-refractivity contribution in [1.82, 2.24) is 23.7 Å². The SMILES string of the molecule is CCN(CC)c1ccc(N)c(Nc2nc(Nc3cc(N(CC)CC)ccc3N)nc(SCCS(=O)(=O)O)n2)c1.Cc1c(S(=O)(=O)O)sc2nsc(N)c12.Cc1c(S)sc2nsc(N)c12. The van der Waals surface area contributed by atoms with Gasteiger partial charge in [0.15, 0.2) is 9.37 Å². The van der Waals surface area contributed by atoms with Gasteiger partial charge in [-0.2, -0.15) is 40.5 Å². The molecule has 0 aliphatic rings. The second-order valence-corrected chi connectivity index (χ2v) is 22.1. The molecule has 0 unspecified atom stereocenters. The van der Waals surface area contributed by atoms with Crippen molar-refractivity contribution in [1.29, 1.82) is 0 Å². The number of thiophene rings is 2. The quantitative estimate of drug-likeness (QED) is 0.0202. The maximum absolute atomic E-state index is 11.2. The van der Waals surface area contributed by atoms with Gasteiger partial charge in [-0.15, -0.1) is 24.0 Å². The first-order valence-corrected chi connectivity index (χ1v) is 27.0. The van der Waals surface area contributed by atoms with Crippen molar-refractivity contribution in [3.63, 3.8) is 0 Å². The van der Waals surface area contributed by atoms with Crippen molar-refractivity contribution >= 4 is 167 Å². The van der Waals surface area contributed by atoms with E-state index in [2.05, 4.69) is 84.5 Å². The molecule has 7 rings (SSSR count). The number of benzene rings is 2. The number of aromatic nitrogens is 5. The number of nitrogens with one attached hydrogen (secondary N) is 2. The van der Waals surface area contributed by atoms with Gasteiger partial charge in [0.05, 0.1) is 43.5 Å². The van der Waals surface area contributed by atoms with E-state index >= 15 is 0 Å². The second kappa shape index (κ2) is 21.7. The molecule has 2 aromatic carbocycles. The summed E-state index contributed by atoms with van der Waals surface area (Å²) in [6.45, 7) is 15.3. The van der Waals surface area contributed by atoms with Crippen LogP contribution in [0.5, 0.6) is 0 Å². The Morgan fingerprint density at radius 1 is 0.703 bits per heavy atom. The lowest BCUT2D eigenvalue weighted by atomic mass is 10.2. The smallest absolute Gasteiger partial charge is 0.304 e. The van der Waals surface area contributed by atoms with Crippen molar-refractivity contribution in [2.45, 2.75) is 55.1 Å². The Morgan fingerprint density at radius 3 is 1.56 bits per heavy atom. The van der Waals surface area contributed by atoms with Gasteiger partial charge in [0.2, 0.25) is 11.9 Å². The predicted molar refractivity (Wildman–Crippen MR) is 273 cm³/mol. The van der Waals surface area contributed by atoms with E-state index in [1.165, 1.54) is 11.5 Å². The zero-order valence-electron chi connectivity index (χ0n) is 35.5. The fraction of sp³-hybridized carbons (Fsp3) is 0.324. The average Bonchev–Trinajstić information content (AvgIpc) is 3.97. The van der Waals surface area contributed by atoms with Gasteiger partial charge in [0.25, 0.3) is 10.1 Å². The summed E-state index contributed by atoms with van der Waals surface area (Å²) in [5.74, 6) is 0.0421. The summed E-state index contributed by atoms with van der Waals surface area (Å²) in [5.41, 5.74) is 29.7. The van der Waals surface area contributed by atoms with Crippen LogP contribution in [0.1, 0.15) is 38.8 Å². The highest BCUT2D eigenvalue weighted by Crippen LogP contribution is 2.39. The number of aryl methyl sites for hydroxylation is 2. The highest BCUT2D eigenvalue weighted by molar-refractivity contribution is 8.00. The van der Waals surface area contributed by atoms with Crippen LogP contribution in [-0.2, 0) is 20.2 Å². The third kappa shape index (κ3) is 12.7. The van der Waals surface area contributed by atoms with Crippen LogP contribution in [0.15, 0.2) is 50.0 Å². The molecule has 0 aliphatic carbocycles. The van der Waals surface area contributed by atoms with E-state index in [-0.39, 0.29) is 27.0 Å². The molecule has 0 spiro atoms. The average molecular weight is 1030 g/mol. The molecule has 27 heteroatoms. The molecular formula is C37H49N13O6S8. The highest BCUT2D eigenvalue weighted by Gasteiger charge is 2.22. The summed E-state index contributed by atoms with van der Waals surface area (Å²) < 4.78 is 71.4. The van der Waals surface area contributed by atoms with Gasteiger partial charge in [-0.25, -0.2) is 0 Å². The molecule has 0 fully saturated rings. The van der Waals surface area contributed by atoms with Crippen molar-refractivity contribution in [2.24, 2.45) is 0 Å². The van der Waals surface area contributed by atoms with Crippen molar-refractivity contribution in [2.75, 3.05) is 81.1 Å². The van der Waals surface area contributed by atoms with Gasteiger partial charge in [-0.05, 0) is 112 Å². The lowest BCUT2D eigenvalue weighted by molar-refractivity contribution is 0.483. The summed E-state index contributed by atoms with van der Waals surface area (Å²) in [7, 11) is -8.28. The van der Waals surface area contributed by atoms with Crippen LogP contribution >= 0.6 is 70.1 Å². The molecule has 346 valence electrons. The lowest BCUT2D eigenvalue weighted by Gasteiger charge is -2.22. The van der Waals surface area contributed by atoms with Crippen molar-refractivity contribution in [3.8, 4) is 0 Å². The van der Waals surface area contributed by atoms with Crippen molar-refractivity contribution in [3.05, 3.63) is 47.5 Å². The first-order chi connectivity index (χ1) is 30.2. The number of nitrogens with zero attached hydrogens (tertiary/aromatic N) is 7. The number of hydrogen-bond donors (Lipinski definition) is 9. The minimum Gasteiger partial charge on any atom is -0.397 e. The first kappa shape index (κ1) is 50.5. The normalized spacial score (nSPS) is 11.5. The third-order valence-corrected chi connectivity index (χ3v) is 17.0. The maximum Gasteiger partial charge on any atom is 0.304 e. The van der Waals surface area contributed by atoms with Gasteiger partial charge in [-0.1, -0.05) is 23.1 Å². The largest absolute Gasteiger partial charge is 0.397 e. The number of fused-ring (bicyclic) bond motifs is 2. The van der Waals surface area contributed by atoms with Crippen LogP contribution in [0, 0.1) is 13.8 Å². The van der Waals surface area contributed by atoms with Crippen LogP contribution in [0.25, 0.3) is 20.4 Å². The zero-order chi connectivity index (χ0) is 47.1. The molecule has 0 aliphatic heterocycles. The molecular weight excluding hydrogens is 979 g/mol. The van der Waals surface area contributed by atoms with E-state index in [1.807, 2.05) is 43.3 Å². The molecule has 0 radical (unpaired) electrons. The molecule has 5 heterocycles. The Morgan fingerprint density at radius 2 is 1.16 bits per heavy atom. The fourth-order valence-electron chi connectivity index (χ4n) is 6.08. The number of anilines is 10. The third-order valence-electron chi connectivity index (χ3n) is 9.38. The predicted octanol–water partition coefficient (Wildman–Crippen LogP) is 8.23. The van der Waals surface area contributed by atoms with E-state index in [1.54, 1.807) is 18.3 Å². The Balaban J connectivity index is 0.000000246. The number of thiol groups is 1. The zero-order valence-corrected chi connectivity index (χ0v) is 42.1.